The molecule has 0 aliphatic carbocycles. The lowest BCUT2D eigenvalue weighted by Gasteiger charge is -2.32. The SMILES string of the molecule is Cc1ccccc1COc1cc(F)cc(B2OC(C)(C)C(C)(C)O2)c1. The van der Waals surface area contributed by atoms with Crippen molar-refractivity contribution in [2.75, 3.05) is 0 Å². The molecule has 0 bridgehead atoms. The van der Waals surface area contributed by atoms with E-state index in [9.17, 15) is 4.39 Å². The summed E-state index contributed by atoms with van der Waals surface area (Å²) in [5.74, 6) is 0.0972. The summed E-state index contributed by atoms with van der Waals surface area (Å²) in [7, 11) is -0.610. The molecule has 0 radical (unpaired) electrons. The average molecular weight is 342 g/mol. The zero-order chi connectivity index (χ0) is 18.2. The third kappa shape index (κ3) is 3.72. The molecule has 0 saturated carbocycles. The van der Waals surface area contributed by atoms with E-state index in [1.165, 1.54) is 12.1 Å². The maximum Gasteiger partial charge on any atom is 0.495 e. The minimum Gasteiger partial charge on any atom is -0.489 e. The lowest BCUT2D eigenvalue weighted by atomic mass is 9.79. The normalized spacial score (nSPS) is 18.4. The van der Waals surface area contributed by atoms with Crippen molar-refractivity contribution >= 4 is 12.6 Å². The van der Waals surface area contributed by atoms with Crippen molar-refractivity contribution in [1.82, 2.24) is 0 Å². The molecule has 1 aliphatic heterocycles. The molecule has 0 atom stereocenters. The first-order valence-electron chi connectivity index (χ1n) is 8.51. The Kier molecular flexibility index (Phi) is 4.65. The molecule has 0 spiro atoms. The Bertz CT molecular complexity index is 757. The van der Waals surface area contributed by atoms with Gasteiger partial charge in [-0.3, -0.25) is 0 Å². The highest BCUT2D eigenvalue weighted by Gasteiger charge is 2.51. The average Bonchev–Trinajstić information content (AvgIpc) is 2.74. The molecule has 3 nitrogen and oxygen atoms in total. The Morgan fingerprint density at radius 3 is 2.28 bits per heavy atom. The summed E-state index contributed by atoms with van der Waals surface area (Å²) >= 11 is 0. The first-order chi connectivity index (χ1) is 11.7. The second-order valence-corrected chi connectivity index (χ2v) is 7.52. The molecule has 1 saturated heterocycles. The minimum absolute atomic E-state index is 0.369. The van der Waals surface area contributed by atoms with E-state index in [4.69, 9.17) is 14.0 Å². The van der Waals surface area contributed by atoms with Crippen LogP contribution in [0.15, 0.2) is 42.5 Å². The van der Waals surface area contributed by atoms with Crippen LogP contribution in [0, 0.1) is 12.7 Å². The van der Waals surface area contributed by atoms with Gasteiger partial charge in [0.25, 0.3) is 0 Å². The molecule has 1 fully saturated rings. The van der Waals surface area contributed by atoms with Crippen LogP contribution in [0.3, 0.4) is 0 Å². The van der Waals surface area contributed by atoms with E-state index in [2.05, 4.69) is 0 Å². The van der Waals surface area contributed by atoms with Gasteiger partial charge in [-0.1, -0.05) is 24.3 Å². The van der Waals surface area contributed by atoms with Crippen molar-refractivity contribution in [3.63, 3.8) is 0 Å². The van der Waals surface area contributed by atoms with E-state index >= 15 is 0 Å². The highest BCUT2D eigenvalue weighted by atomic mass is 19.1. The molecule has 2 aromatic carbocycles. The predicted molar refractivity (Wildman–Crippen MR) is 97.6 cm³/mol. The highest BCUT2D eigenvalue weighted by molar-refractivity contribution is 6.62. The summed E-state index contributed by atoms with van der Waals surface area (Å²) in [6, 6.07) is 12.6. The van der Waals surface area contributed by atoms with E-state index < -0.39 is 18.3 Å². The second-order valence-electron chi connectivity index (χ2n) is 7.52. The van der Waals surface area contributed by atoms with Crippen LogP contribution in [-0.2, 0) is 15.9 Å². The largest absolute Gasteiger partial charge is 0.495 e. The van der Waals surface area contributed by atoms with E-state index in [1.807, 2.05) is 58.9 Å². The van der Waals surface area contributed by atoms with Crippen LogP contribution in [0.1, 0.15) is 38.8 Å². The fourth-order valence-corrected chi connectivity index (χ4v) is 2.72. The molecule has 1 heterocycles. The number of hydrogen-bond donors (Lipinski definition) is 0. The maximum atomic E-state index is 14.1. The van der Waals surface area contributed by atoms with E-state index in [0.29, 0.717) is 17.8 Å². The number of rotatable bonds is 4. The van der Waals surface area contributed by atoms with Gasteiger partial charge < -0.3 is 14.0 Å². The maximum absolute atomic E-state index is 14.1. The summed E-state index contributed by atoms with van der Waals surface area (Å²) < 4.78 is 31.9. The predicted octanol–water partition coefficient (Wildman–Crippen LogP) is 4.01. The molecule has 1 aliphatic rings. The molecule has 2 aromatic rings. The Morgan fingerprint density at radius 1 is 1.00 bits per heavy atom. The lowest BCUT2D eigenvalue weighted by molar-refractivity contribution is 0.00578. The summed E-state index contributed by atoms with van der Waals surface area (Å²) in [4.78, 5) is 0. The third-order valence-corrected chi connectivity index (χ3v) is 5.07. The molecule has 3 rings (SSSR count). The van der Waals surface area contributed by atoms with Crippen LogP contribution in [0.2, 0.25) is 0 Å². The van der Waals surface area contributed by atoms with Gasteiger partial charge >= 0.3 is 7.12 Å². The summed E-state index contributed by atoms with van der Waals surface area (Å²) in [5, 5.41) is 0. The van der Waals surface area contributed by atoms with Crippen molar-refractivity contribution in [2.45, 2.75) is 52.4 Å². The highest BCUT2D eigenvalue weighted by Crippen LogP contribution is 2.36. The Morgan fingerprint density at radius 2 is 1.64 bits per heavy atom. The molecule has 0 N–H and O–H groups in total. The second kappa shape index (κ2) is 6.47. The van der Waals surface area contributed by atoms with Crippen molar-refractivity contribution < 1.29 is 18.4 Å². The standard InChI is InChI=1S/C20H24BFO3/c1-14-8-6-7-9-15(14)13-23-18-11-16(10-17(22)12-18)21-24-19(2,3)20(4,5)25-21/h6-12H,13H2,1-5H3. The van der Waals surface area contributed by atoms with Gasteiger partial charge in [-0.25, -0.2) is 4.39 Å². The van der Waals surface area contributed by atoms with Crippen molar-refractivity contribution in [3.05, 3.63) is 59.4 Å². The number of ether oxygens (including phenoxy) is 1. The van der Waals surface area contributed by atoms with Gasteiger partial charge in [0.1, 0.15) is 18.2 Å². The lowest BCUT2D eigenvalue weighted by Crippen LogP contribution is -2.41. The summed E-state index contributed by atoms with van der Waals surface area (Å²) in [6.45, 7) is 10.3. The molecule has 0 aromatic heterocycles. The van der Waals surface area contributed by atoms with Crippen LogP contribution < -0.4 is 10.2 Å². The minimum atomic E-state index is -0.610. The molecule has 132 valence electrons. The molecule has 0 amide bonds. The first-order valence-corrected chi connectivity index (χ1v) is 8.51. The number of benzene rings is 2. The van der Waals surface area contributed by atoms with Crippen molar-refractivity contribution in [3.8, 4) is 5.75 Å². The molecule has 0 unspecified atom stereocenters. The van der Waals surface area contributed by atoms with Crippen molar-refractivity contribution in [2.24, 2.45) is 0 Å². The van der Waals surface area contributed by atoms with Gasteiger partial charge in [0.05, 0.1) is 11.2 Å². The Balaban J connectivity index is 1.79. The molecule has 5 heteroatoms. The van der Waals surface area contributed by atoms with Crippen LogP contribution in [0.25, 0.3) is 0 Å². The Labute approximate surface area is 149 Å². The van der Waals surface area contributed by atoms with Crippen molar-refractivity contribution in [1.29, 1.82) is 0 Å². The number of hydrogen-bond acceptors (Lipinski definition) is 3. The molecule has 25 heavy (non-hydrogen) atoms. The third-order valence-electron chi connectivity index (χ3n) is 5.07. The summed E-state index contributed by atoms with van der Waals surface area (Å²) in [5.41, 5.74) is 1.91. The van der Waals surface area contributed by atoms with E-state index in [0.717, 1.165) is 11.1 Å². The Hall–Kier alpha value is -1.85. The zero-order valence-electron chi connectivity index (χ0n) is 15.4. The summed E-state index contributed by atoms with van der Waals surface area (Å²) in [6.07, 6.45) is 0. The zero-order valence-corrected chi connectivity index (χ0v) is 15.4. The number of halogens is 1. The van der Waals surface area contributed by atoms with Gasteiger partial charge in [0.2, 0.25) is 0 Å². The number of aryl methyl sites for hydroxylation is 1. The monoisotopic (exact) mass is 342 g/mol. The fourth-order valence-electron chi connectivity index (χ4n) is 2.72. The van der Waals surface area contributed by atoms with Gasteiger partial charge in [-0.15, -0.1) is 0 Å². The van der Waals surface area contributed by atoms with Crippen LogP contribution in [-0.4, -0.2) is 18.3 Å². The van der Waals surface area contributed by atoms with E-state index in [-0.39, 0.29) is 5.82 Å². The van der Waals surface area contributed by atoms with Gasteiger partial charge in [0.15, 0.2) is 0 Å². The first kappa shape index (κ1) is 18.0. The van der Waals surface area contributed by atoms with Crippen LogP contribution in [0.5, 0.6) is 5.75 Å². The molecular formula is C20H24BFO3. The smallest absolute Gasteiger partial charge is 0.489 e. The van der Waals surface area contributed by atoms with Gasteiger partial charge in [-0.2, -0.15) is 0 Å². The van der Waals surface area contributed by atoms with Gasteiger partial charge in [0, 0.05) is 6.07 Å². The van der Waals surface area contributed by atoms with Crippen LogP contribution in [0.4, 0.5) is 4.39 Å². The van der Waals surface area contributed by atoms with E-state index in [1.54, 1.807) is 6.07 Å². The quantitative estimate of drug-likeness (QED) is 0.786. The van der Waals surface area contributed by atoms with Crippen LogP contribution >= 0.6 is 0 Å². The molecular weight excluding hydrogens is 318 g/mol. The fraction of sp³-hybridized carbons (Fsp3) is 0.400. The van der Waals surface area contributed by atoms with Gasteiger partial charge in [-0.05, 0) is 63.3 Å². The topological polar surface area (TPSA) is 27.7 Å².